The van der Waals surface area contributed by atoms with Gasteiger partial charge in [0.25, 0.3) is 0 Å². The summed E-state index contributed by atoms with van der Waals surface area (Å²) in [5.74, 6) is -0.196. The molecular weight excluding hydrogens is 225 g/mol. The molecule has 0 radical (unpaired) electrons. The van der Waals surface area contributed by atoms with Gasteiger partial charge < -0.3 is 5.32 Å². The molecule has 0 aromatic heterocycles. The second kappa shape index (κ2) is 5.78. The predicted molar refractivity (Wildman–Crippen MR) is 73.8 cm³/mol. The third-order valence-corrected chi connectivity index (χ3v) is 2.80. The number of hydrogen-bond donors (Lipinski definition) is 1. The van der Waals surface area contributed by atoms with Gasteiger partial charge in [-0.3, -0.25) is 0 Å². The van der Waals surface area contributed by atoms with E-state index in [2.05, 4.69) is 31.3 Å². The Morgan fingerprint density at radius 3 is 2.33 bits per heavy atom. The van der Waals surface area contributed by atoms with E-state index in [-0.39, 0.29) is 5.82 Å². The molecule has 0 unspecified atom stereocenters. The molecule has 0 aliphatic carbocycles. The highest BCUT2D eigenvalue weighted by atomic mass is 19.1. The van der Waals surface area contributed by atoms with Crippen molar-refractivity contribution in [3.05, 3.63) is 59.9 Å². The Bertz CT molecular complexity index is 520. The maximum absolute atomic E-state index is 13.2. The minimum atomic E-state index is -0.196. The first-order valence-corrected chi connectivity index (χ1v) is 6.23. The molecule has 2 aromatic carbocycles. The first-order valence-electron chi connectivity index (χ1n) is 6.23. The monoisotopic (exact) mass is 243 g/mol. The molecule has 0 amide bonds. The van der Waals surface area contributed by atoms with Gasteiger partial charge in [-0.15, -0.1) is 0 Å². The Morgan fingerprint density at radius 1 is 1.00 bits per heavy atom. The van der Waals surface area contributed by atoms with Gasteiger partial charge in [0, 0.05) is 12.6 Å². The molecule has 0 aliphatic rings. The average Bonchev–Trinajstić information content (AvgIpc) is 2.37. The fraction of sp³-hybridized carbons (Fsp3) is 0.250. The van der Waals surface area contributed by atoms with Crippen molar-refractivity contribution in [2.45, 2.75) is 26.4 Å². The van der Waals surface area contributed by atoms with E-state index in [9.17, 15) is 4.39 Å². The van der Waals surface area contributed by atoms with Crippen molar-refractivity contribution < 1.29 is 4.39 Å². The molecule has 18 heavy (non-hydrogen) atoms. The Morgan fingerprint density at radius 2 is 1.67 bits per heavy atom. The zero-order valence-electron chi connectivity index (χ0n) is 10.8. The Balaban J connectivity index is 2.21. The van der Waals surface area contributed by atoms with Crippen LogP contribution in [0.4, 0.5) is 4.39 Å². The molecule has 2 heteroatoms. The lowest BCUT2D eigenvalue weighted by atomic mass is 10.0. The molecule has 0 saturated heterocycles. The normalized spacial score (nSPS) is 10.9. The summed E-state index contributed by atoms with van der Waals surface area (Å²) in [5, 5.41) is 3.38. The van der Waals surface area contributed by atoms with Crippen molar-refractivity contribution in [3.63, 3.8) is 0 Å². The molecule has 0 saturated carbocycles. The lowest BCUT2D eigenvalue weighted by Gasteiger charge is -2.09. The van der Waals surface area contributed by atoms with Crippen molar-refractivity contribution in [2.24, 2.45) is 0 Å². The molecule has 0 spiro atoms. The highest BCUT2D eigenvalue weighted by Gasteiger charge is 2.01. The lowest BCUT2D eigenvalue weighted by Crippen LogP contribution is -2.21. The molecule has 2 aromatic rings. The van der Waals surface area contributed by atoms with Crippen molar-refractivity contribution in [1.82, 2.24) is 5.32 Å². The average molecular weight is 243 g/mol. The maximum atomic E-state index is 13.2. The van der Waals surface area contributed by atoms with Crippen LogP contribution in [0.25, 0.3) is 11.1 Å². The van der Waals surface area contributed by atoms with E-state index < -0.39 is 0 Å². The molecule has 0 atom stereocenters. The van der Waals surface area contributed by atoms with Crippen molar-refractivity contribution in [1.29, 1.82) is 0 Å². The van der Waals surface area contributed by atoms with E-state index in [1.807, 2.05) is 18.2 Å². The fourth-order valence-electron chi connectivity index (χ4n) is 1.85. The molecule has 0 aliphatic heterocycles. The lowest BCUT2D eigenvalue weighted by molar-refractivity contribution is 0.589. The van der Waals surface area contributed by atoms with Crippen molar-refractivity contribution >= 4 is 0 Å². The zero-order chi connectivity index (χ0) is 13.0. The van der Waals surface area contributed by atoms with Crippen LogP contribution in [0.1, 0.15) is 19.4 Å². The summed E-state index contributed by atoms with van der Waals surface area (Å²) in [6.45, 7) is 5.08. The largest absolute Gasteiger partial charge is 0.310 e. The van der Waals surface area contributed by atoms with E-state index in [1.165, 1.54) is 11.6 Å². The Kier molecular flexibility index (Phi) is 4.11. The molecule has 0 fully saturated rings. The quantitative estimate of drug-likeness (QED) is 0.856. The van der Waals surface area contributed by atoms with Gasteiger partial charge in [0.2, 0.25) is 0 Å². The summed E-state index contributed by atoms with van der Waals surface area (Å²) < 4.78 is 13.2. The van der Waals surface area contributed by atoms with Gasteiger partial charge in [-0.25, -0.2) is 4.39 Å². The third kappa shape index (κ3) is 3.41. The predicted octanol–water partition coefficient (Wildman–Crippen LogP) is 3.99. The van der Waals surface area contributed by atoms with Gasteiger partial charge in [-0.1, -0.05) is 44.2 Å². The molecular formula is C16H18FN. The van der Waals surface area contributed by atoms with Gasteiger partial charge >= 0.3 is 0 Å². The van der Waals surface area contributed by atoms with Crippen molar-refractivity contribution in [2.75, 3.05) is 0 Å². The van der Waals surface area contributed by atoms with Crippen molar-refractivity contribution in [3.8, 4) is 11.1 Å². The standard InChI is InChI=1S/C16H18FN/c1-12(2)18-11-13-5-3-6-14(9-13)15-7-4-8-16(17)10-15/h3-10,12,18H,11H2,1-2H3. The van der Waals surface area contributed by atoms with Crippen LogP contribution in [0.5, 0.6) is 0 Å². The van der Waals surface area contributed by atoms with Crippen LogP contribution < -0.4 is 5.32 Å². The topological polar surface area (TPSA) is 12.0 Å². The molecule has 94 valence electrons. The summed E-state index contributed by atoms with van der Waals surface area (Å²) in [6, 6.07) is 15.4. The van der Waals surface area contributed by atoms with E-state index in [0.717, 1.165) is 17.7 Å². The molecule has 2 rings (SSSR count). The molecule has 0 heterocycles. The van der Waals surface area contributed by atoms with Crippen LogP contribution >= 0.6 is 0 Å². The smallest absolute Gasteiger partial charge is 0.123 e. The summed E-state index contributed by atoms with van der Waals surface area (Å²) >= 11 is 0. The van der Waals surface area contributed by atoms with Gasteiger partial charge in [0.1, 0.15) is 5.82 Å². The van der Waals surface area contributed by atoms with Crippen LogP contribution in [-0.4, -0.2) is 6.04 Å². The first kappa shape index (κ1) is 12.8. The first-order chi connectivity index (χ1) is 8.65. The summed E-state index contributed by atoms with van der Waals surface area (Å²) in [6.07, 6.45) is 0. The van der Waals surface area contributed by atoms with Crippen LogP contribution in [0, 0.1) is 5.82 Å². The Labute approximate surface area is 108 Å². The summed E-state index contributed by atoms with van der Waals surface area (Å²) in [4.78, 5) is 0. The molecule has 0 bridgehead atoms. The van der Waals surface area contributed by atoms with E-state index in [1.54, 1.807) is 12.1 Å². The summed E-state index contributed by atoms with van der Waals surface area (Å²) in [5.41, 5.74) is 3.18. The second-order valence-corrected chi connectivity index (χ2v) is 4.75. The van der Waals surface area contributed by atoms with Gasteiger partial charge in [-0.2, -0.15) is 0 Å². The van der Waals surface area contributed by atoms with E-state index in [4.69, 9.17) is 0 Å². The third-order valence-electron chi connectivity index (χ3n) is 2.80. The second-order valence-electron chi connectivity index (χ2n) is 4.75. The van der Waals surface area contributed by atoms with Crippen LogP contribution in [-0.2, 0) is 6.54 Å². The minimum Gasteiger partial charge on any atom is -0.310 e. The van der Waals surface area contributed by atoms with Crippen LogP contribution in [0.3, 0.4) is 0 Å². The van der Waals surface area contributed by atoms with Gasteiger partial charge in [0.15, 0.2) is 0 Å². The minimum absolute atomic E-state index is 0.196. The number of hydrogen-bond acceptors (Lipinski definition) is 1. The van der Waals surface area contributed by atoms with Crippen LogP contribution in [0.2, 0.25) is 0 Å². The highest BCUT2D eigenvalue weighted by Crippen LogP contribution is 2.21. The van der Waals surface area contributed by atoms with E-state index in [0.29, 0.717) is 6.04 Å². The number of halogens is 1. The fourth-order valence-corrected chi connectivity index (χ4v) is 1.85. The molecule has 1 N–H and O–H groups in total. The number of benzene rings is 2. The number of rotatable bonds is 4. The highest BCUT2D eigenvalue weighted by molar-refractivity contribution is 5.64. The number of nitrogens with one attached hydrogen (secondary N) is 1. The SMILES string of the molecule is CC(C)NCc1cccc(-c2cccc(F)c2)c1. The maximum Gasteiger partial charge on any atom is 0.123 e. The zero-order valence-corrected chi connectivity index (χ0v) is 10.8. The van der Waals surface area contributed by atoms with Crippen LogP contribution in [0.15, 0.2) is 48.5 Å². The Hall–Kier alpha value is -1.67. The molecule has 1 nitrogen and oxygen atoms in total. The van der Waals surface area contributed by atoms with Gasteiger partial charge in [-0.05, 0) is 34.9 Å². The van der Waals surface area contributed by atoms with E-state index >= 15 is 0 Å². The van der Waals surface area contributed by atoms with Gasteiger partial charge in [0.05, 0.1) is 0 Å². The summed E-state index contributed by atoms with van der Waals surface area (Å²) in [7, 11) is 0.